The lowest BCUT2D eigenvalue weighted by Crippen LogP contribution is -2.42. The molecule has 0 saturated carbocycles. The van der Waals surface area contributed by atoms with Crippen molar-refractivity contribution < 1.29 is 14.0 Å². The quantitative estimate of drug-likeness (QED) is 0.644. The number of hydrogen-bond acceptors (Lipinski definition) is 3. The summed E-state index contributed by atoms with van der Waals surface area (Å²) in [5.41, 5.74) is 7.24. The number of fused-ring (bicyclic) bond motifs is 1. The summed E-state index contributed by atoms with van der Waals surface area (Å²) in [6.45, 7) is 1.92. The number of aromatic amines is 1. The highest BCUT2D eigenvalue weighted by Gasteiger charge is 2.15. The molecule has 0 fully saturated rings. The van der Waals surface area contributed by atoms with E-state index in [1.807, 2.05) is 25.1 Å². The number of aromatic nitrogens is 2. The van der Waals surface area contributed by atoms with Gasteiger partial charge in [0.2, 0.25) is 5.91 Å². The van der Waals surface area contributed by atoms with Crippen LogP contribution in [-0.2, 0) is 11.2 Å². The molecule has 0 aliphatic rings. The Hall–Kier alpha value is -3.22. The summed E-state index contributed by atoms with van der Waals surface area (Å²) in [5, 5.41) is 7.43. The van der Waals surface area contributed by atoms with Gasteiger partial charge in [-0.05, 0) is 36.8 Å². The van der Waals surface area contributed by atoms with Crippen molar-refractivity contribution in [3.05, 3.63) is 65.1 Å². The number of hydrazine groups is 1. The molecule has 1 heterocycles. The minimum atomic E-state index is -0.515. The molecule has 0 aliphatic heterocycles. The maximum atomic E-state index is 12.8. The lowest BCUT2D eigenvalue weighted by molar-refractivity contribution is -0.121. The molecule has 24 heavy (non-hydrogen) atoms. The average Bonchev–Trinajstić information content (AvgIpc) is 2.98. The Balaban J connectivity index is 1.63. The Kier molecular flexibility index (Phi) is 4.24. The predicted molar refractivity (Wildman–Crippen MR) is 86.5 cm³/mol. The number of halogens is 1. The van der Waals surface area contributed by atoms with E-state index < -0.39 is 11.8 Å². The SMILES string of the molecule is Cc1ccc2[nH]nc(C(=O)NNC(=O)Cc3ccc(F)cc3)c2c1. The molecule has 0 radical (unpaired) electrons. The molecule has 0 aliphatic carbocycles. The third-order valence-electron chi connectivity index (χ3n) is 3.53. The Morgan fingerprint density at radius 3 is 2.62 bits per heavy atom. The highest BCUT2D eigenvalue weighted by atomic mass is 19.1. The Morgan fingerprint density at radius 2 is 1.88 bits per heavy atom. The molecular weight excluding hydrogens is 311 g/mol. The van der Waals surface area contributed by atoms with Crippen molar-refractivity contribution in [2.75, 3.05) is 0 Å². The van der Waals surface area contributed by atoms with Crippen LogP contribution in [-0.4, -0.2) is 22.0 Å². The van der Waals surface area contributed by atoms with E-state index in [2.05, 4.69) is 21.0 Å². The number of carbonyl (C=O) groups is 2. The minimum absolute atomic E-state index is 0.0288. The number of carbonyl (C=O) groups excluding carboxylic acids is 2. The van der Waals surface area contributed by atoms with Crippen molar-refractivity contribution in [1.29, 1.82) is 0 Å². The van der Waals surface area contributed by atoms with Crippen LogP contribution in [0.5, 0.6) is 0 Å². The predicted octanol–water partition coefficient (Wildman–Crippen LogP) is 2.01. The summed E-state index contributed by atoms with van der Waals surface area (Å²) < 4.78 is 12.8. The van der Waals surface area contributed by atoms with Crippen LogP contribution >= 0.6 is 0 Å². The van der Waals surface area contributed by atoms with Gasteiger partial charge in [-0.3, -0.25) is 25.5 Å². The van der Waals surface area contributed by atoms with Gasteiger partial charge in [-0.15, -0.1) is 0 Å². The smallest absolute Gasteiger partial charge is 0.277 e. The minimum Gasteiger partial charge on any atom is -0.277 e. The van der Waals surface area contributed by atoms with Crippen molar-refractivity contribution in [3.63, 3.8) is 0 Å². The van der Waals surface area contributed by atoms with Crippen molar-refractivity contribution in [3.8, 4) is 0 Å². The van der Waals surface area contributed by atoms with Crippen LogP contribution in [0.4, 0.5) is 4.39 Å². The molecule has 3 rings (SSSR count). The van der Waals surface area contributed by atoms with E-state index in [4.69, 9.17) is 0 Å². The fourth-order valence-electron chi connectivity index (χ4n) is 2.32. The first kappa shape index (κ1) is 15.7. The maximum Gasteiger partial charge on any atom is 0.290 e. The molecule has 0 spiro atoms. The highest BCUT2D eigenvalue weighted by Crippen LogP contribution is 2.17. The molecule has 1 aromatic heterocycles. The lowest BCUT2D eigenvalue weighted by Gasteiger charge is -2.06. The number of H-pyrrole nitrogens is 1. The Bertz CT molecular complexity index is 903. The summed E-state index contributed by atoms with van der Waals surface area (Å²) in [7, 11) is 0. The number of rotatable bonds is 3. The first-order valence-electron chi connectivity index (χ1n) is 7.31. The number of benzene rings is 2. The van der Waals surface area contributed by atoms with Crippen LogP contribution in [0, 0.1) is 12.7 Å². The van der Waals surface area contributed by atoms with E-state index in [0.29, 0.717) is 10.9 Å². The van der Waals surface area contributed by atoms with Crippen molar-refractivity contribution in [2.45, 2.75) is 13.3 Å². The monoisotopic (exact) mass is 326 g/mol. The molecular formula is C17H15FN4O2. The number of aryl methyl sites for hydroxylation is 1. The molecule has 6 nitrogen and oxygen atoms in total. The number of nitrogens with zero attached hydrogens (tertiary/aromatic N) is 1. The number of amides is 2. The summed E-state index contributed by atoms with van der Waals surface area (Å²) in [6, 6.07) is 11.2. The Morgan fingerprint density at radius 1 is 1.12 bits per heavy atom. The van der Waals surface area contributed by atoms with Gasteiger partial charge in [0.05, 0.1) is 11.9 Å². The first-order valence-corrected chi connectivity index (χ1v) is 7.31. The van der Waals surface area contributed by atoms with Gasteiger partial charge in [0.1, 0.15) is 5.82 Å². The van der Waals surface area contributed by atoms with E-state index in [0.717, 1.165) is 11.1 Å². The van der Waals surface area contributed by atoms with Crippen molar-refractivity contribution in [1.82, 2.24) is 21.0 Å². The van der Waals surface area contributed by atoms with E-state index in [1.165, 1.54) is 24.3 Å². The fourth-order valence-corrected chi connectivity index (χ4v) is 2.32. The van der Waals surface area contributed by atoms with Gasteiger partial charge < -0.3 is 0 Å². The second-order valence-electron chi connectivity index (χ2n) is 5.43. The van der Waals surface area contributed by atoms with Crippen molar-refractivity contribution in [2.24, 2.45) is 0 Å². The van der Waals surface area contributed by atoms with Crippen molar-refractivity contribution >= 4 is 22.7 Å². The third kappa shape index (κ3) is 3.40. The standard InChI is InChI=1S/C17H15FN4O2/c1-10-2-7-14-13(8-10)16(21-19-14)17(24)22-20-15(23)9-11-3-5-12(18)6-4-11/h2-8H,9H2,1H3,(H,19,21)(H,20,23)(H,22,24). The Labute approximate surface area is 137 Å². The number of hydrogen-bond donors (Lipinski definition) is 3. The van der Waals surface area contributed by atoms with Crippen LogP contribution in [0.3, 0.4) is 0 Å². The van der Waals surface area contributed by atoms with Gasteiger partial charge in [-0.25, -0.2) is 4.39 Å². The summed E-state index contributed by atoms with van der Waals surface area (Å²) in [5.74, 6) is -1.29. The van der Waals surface area contributed by atoms with Crippen LogP contribution in [0.25, 0.3) is 10.9 Å². The first-order chi connectivity index (χ1) is 11.5. The van der Waals surface area contributed by atoms with Gasteiger partial charge in [0.25, 0.3) is 5.91 Å². The van der Waals surface area contributed by atoms with E-state index in [1.54, 1.807) is 0 Å². The highest BCUT2D eigenvalue weighted by molar-refractivity contribution is 6.05. The summed E-state index contributed by atoms with van der Waals surface area (Å²) in [6.07, 6.45) is 0.0288. The van der Waals surface area contributed by atoms with Crippen LogP contribution < -0.4 is 10.9 Å². The zero-order valence-electron chi connectivity index (χ0n) is 12.9. The summed E-state index contributed by atoms with van der Waals surface area (Å²) >= 11 is 0. The molecule has 2 amide bonds. The fraction of sp³-hybridized carbons (Fsp3) is 0.118. The molecule has 0 bridgehead atoms. The average molecular weight is 326 g/mol. The molecule has 0 atom stereocenters. The van der Waals surface area contributed by atoms with Gasteiger partial charge in [0, 0.05) is 5.39 Å². The molecule has 3 aromatic rings. The molecule has 3 N–H and O–H groups in total. The zero-order chi connectivity index (χ0) is 17.1. The third-order valence-corrected chi connectivity index (χ3v) is 3.53. The summed E-state index contributed by atoms with van der Waals surface area (Å²) in [4.78, 5) is 24.0. The van der Waals surface area contributed by atoms with Crippen LogP contribution in [0.1, 0.15) is 21.6 Å². The zero-order valence-corrected chi connectivity index (χ0v) is 12.9. The van der Waals surface area contributed by atoms with E-state index >= 15 is 0 Å². The molecule has 0 unspecified atom stereocenters. The van der Waals surface area contributed by atoms with Gasteiger partial charge >= 0.3 is 0 Å². The van der Waals surface area contributed by atoms with E-state index in [-0.39, 0.29) is 17.9 Å². The molecule has 122 valence electrons. The van der Waals surface area contributed by atoms with Crippen LogP contribution in [0.2, 0.25) is 0 Å². The van der Waals surface area contributed by atoms with Crippen LogP contribution in [0.15, 0.2) is 42.5 Å². The molecule has 7 heteroatoms. The van der Waals surface area contributed by atoms with Gasteiger partial charge in [-0.1, -0.05) is 23.8 Å². The van der Waals surface area contributed by atoms with E-state index in [9.17, 15) is 14.0 Å². The number of nitrogens with one attached hydrogen (secondary N) is 3. The topological polar surface area (TPSA) is 86.9 Å². The molecule has 0 saturated heterocycles. The second kappa shape index (κ2) is 6.49. The molecule has 2 aromatic carbocycles. The van der Waals surface area contributed by atoms with Gasteiger partial charge in [-0.2, -0.15) is 5.10 Å². The normalized spacial score (nSPS) is 10.6. The maximum absolute atomic E-state index is 12.8. The second-order valence-corrected chi connectivity index (χ2v) is 5.43. The largest absolute Gasteiger partial charge is 0.290 e. The van der Waals surface area contributed by atoms with Gasteiger partial charge in [0.15, 0.2) is 5.69 Å². The lowest BCUT2D eigenvalue weighted by atomic mass is 10.1.